The molecule has 0 aliphatic carbocycles. The van der Waals surface area contributed by atoms with Gasteiger partial charge in [-0.15, -0.1) is 0 Å². The second kappa shape index (κ2) is 8.44. The van der Waals surface area contributed by atoms with E-state index >= 15 is 0 Å². The maximum atomic E-state index is 11.9. The van der Waals surface area contributed by atoms with Crippen molar-refractivity contribution in [2.24, 2.45) is 0 Å². The zero-order chi connectivity index (χ0) is 20.0. The largest absolute Gasteiger partial charge is 0.481 e. The average Bonchev–Trinajstić information content (AvgIpc) is 2.55. The Hall–Kier alpha value is -3.22. The molecule has 0 saturated heterocycles. The lowest BCUT2D eigenvalue weighted by atomic mass is 10.1. The number of carbonyl (C=O) groups excluding carboxylic acids is 1. The summed E-state index contributed by atoms with van der Waals surface area (Å²) in [6.45, 7) is 5.45. The number of rotatable bonds is 6. The van der Waals surface area contributed by atoms with E-state index in [1.807, 2.05) is 0 Å². The van der Waals surface area contributed by atoms with Crippen molar-refractivity contribution in [1.29, 1.82) is 0 Å². The van der Waals surface area contributed by atoms with Crippen molar-refractivity contribution in [3.05, 3.63) is 53.6 Å². The number of hydrogen-bond acceptors (Lipinski definition) is 5. The lowest BCUT2D eigenvalue weighted by Crippen LogP contribution is -2.32. The van der Waals surface area contributed by atoms with Gasteiger partial charge in [0.1, 0.15) is 17.1 Å². The number of carboxylic acid groups (broad SMARTS) is 1. The van der Waals surface area contributed by atoms with Gasteiger partial charge >= 0.3 is 12.1 Å². The minimum Gasteiger partial charge on any atom is -0.481 e. The van der Waals surface area contributed by atoms with Gasteiger partial charge in [-0.25, -0.2) is 4.79 Å². The molecule has 27 heavy (non-hydrogen) atoms. The second-order valence-corrected chi connectivity index (χ2v) is 7.04. The van der Waals surface area contributed by atoms with Crippen molar-refractivity contribution in [3.8, 4) is 11.5 Å². The van der Waals surface area contributed by atoms with Crippen molar-refractivity contribution in [2.45, 2.75) is 39.3 Å². The van der Waals surface area contributed by atoms with Crippen LogP contribution >= 0.6 is 0 Å². The molecular weight excluding hydrogens is 348 g/mol. The maximum absolute atomic E-state index is 11.9. The number of nitrogens with two attached hydrogens (primary N) is 1. The molecule has 0 atom stereocenters. The van der Waals surface area contributed by atoms with Crippen molar-refractivity contribution < 1.29 is 24.2 Å². The number of nitrogen functional groups attached to an aromatic ring is 1. The van der Waals surface area contributed by atoms with Crippen LogP contribution in [0.25, 0.3) is 0 Å². The number of aliphatic carboxylic acids is 1. The normalized spacial score (nSPS) is 10.9. The molecule has 0 fully saturated rings. The standard InChI is InChI=1S/C20H24N2O5/c1-20(2,3)27-19(25)22-12-14-10-13(11-18(23)24)4-9-17(14)26-16-7-5-15(21)6-8-16/h4-10H,11-12,21H2,1-3H3,(H,22,25)(H,23,24). The fraction of sp³-hybridized carbons (Fsp3) is 0.300. The summed E-state index contributed by atoms with van der Waals surface area (Å²) in [6.07, 6.45) is -0.689. The molecule has 0 unspecified atom stereocenters. The Morgan fingerprint density at radius 1 is 1.11 bits per heavy atom. The maximum Gasteiger partial charge on any atom is 0.407 e. The molecule has 2 rings (SSSR count). The van der Waals surface area contributed by atoms with E-state index in [1.165, 1.54) is 0 Å². The zero-order valence-electron chi connectivity index (χ0n) is 15.6. The highest BCUT2D eigenvalue weighted by Crippen LogP contribution is 2.27. The summed E-state index contributed by atoms with van der Waals surface area (Å²) in [6, 6.07) is 11.9. The summed E-state index contributed by atoms with van der Waals surface area (Å²) in [5.74, 6) is 0.145. The number of alkyl carbamates (subject to hydrolysis) is 1. The zero-order valence-corrected chi connectivity index (χ0v) is 15.6. The van der Waals surface area contributed by atoms with Crippen LogP contribution in [0.3, 0.4) is 0 Å². The Morgan fingerprint density at radius 2 is 1.78 bits per heavy atom. The third-order valence-corrected chi connectivity index (χ3v) is 3.41. The number of amides is 1. The highest BCUT2D eigenvalue weighted by molar-refractivity contribution is 5.70. The molecule has 144 valence electrons. The van der Waals surface area contributed by atoms with E-state index in [2.05, 4.69) is 5.32 Å². The predicted molar refractivity (Wildman–Crippen MR) is 102 cm³/mol. The Bertz CT molecular complexity index is 810. The first-order valence-electron chi connectivity index (χ1n) is 8.46. The van der Waals surface area contributed by atoms with Crippen LogP contribution in [0.1, 0.15) is 31.9 Å². The molecule has 0 heterocycles. The van der Waals surface area contributed by atoms with E-state index in [-0.39, 0.29) is 13.0 Å². The molecule has 0 aliphatic rings. The molecular formula is C20H24N2O5. The van der Waals surface area contributed by atoms with Gasteiger partial charge in [0.25, 0.3) is 0 Å². The Balaban J connectivity index is 2.20. The van der Waals surface area contributed by atoms with Crippen molar-refractivity contribution in [2.75, 3.05) is 5.73 Å². The lowest BCUT2D eigenvalue weighted by Gasteiger charge is -2.20. The van der Waals surface area contributed by atoms with Crippen LogP contribution in [0.2, 0.25) is 0 Å². The summed E-state index contributed by atoms with van der Waals surface area (Å²) in [7, 11) is 0. The summed E-state index contributed by atoms with van der Waals surface area (Å²) in [4.78, 5) is 22.9. The summed E-state index contributed by atoms with van der Waals surface area (Å²) in [5, 5.41) is 11.7. The first-order chi connectivity index (χ1) is 12.6. The van der Waals surface area contributed by atoms with Crippen molar-refractivity contribution in [3.63, 3.8) is 0 Å². The highest BCUT2D eigenvalue weighted by atomic mass is 16.6. The Morgan fingerprint density at radius 3 is 2.37 bits per heavy atom. The lowest BCUT2D eigenvalue weighted by molar-refractivity contribution is -0.136. The Kier molecular flexibility index (Phi) is 6.28. The average molecular weight is 372 g/mol. The van der Waals surface area contributed by atoms with E-state index in [0.29, 0.717) is 28.3 Å². The number of hydrogen-bond donors (Lipinski definition) is 3. The van der Waals surface area contributed by atoms with E-state index in [1.54, 1.807) is 63.2 Å². The van der Waals surface area contributed by atoms with Crippen LogP contribution in [0, 0.1) is 0 Å². The fourth-order valence-corrected chi connectivity index (χ4v) is 2.30. The monoisotopic (exact) mass is 372 g/mol. The molecule has 0 aromatic heterocycles. The number of nitrogens with one attached hydrogen (secondary N) is 1. The van der Waals surface area contributed by atoms with E-state index in [0.717, 1.165) is 0 Å². The van der Waals surface area contributed by atoms with Crippen LogP contribution in [-0.4, -0.2) is 22.8 Å². The van der Waals surface area contributed by atoms with Crippen LogP contribution in [-0.2, 0) is 22.5 Å². The van der Waals surface area contributed by atoms with E-state index < -0.39 is 17.7 Å². The molecule has 0 saturated carbocycles. The van der Waals surface area contributed by atoms with Gasteiger partial charge in [-0.1, -0.05) is 6.07 Å². The van der Waals surface area contributed by atoms with Gasteiger partial charge in [0.15, 0.2) is 0 Å². The molecule has 7 heteroatoms. The molecule has 0 bridgehead atoms. The van der Waals surface area contributed by atoms with Gasteiger partial charge in [-0.2, -0.15) is 0 Å². The number of ether oxygens (including phenoxy) is 2. The number of anilines is 1. The van der Waals surface area contributed by atoms with E-state index in [4.69, 9.17) is 20.3 Å². The van der Waals surface area contributed by atoms with Gasteiger partial charge in [-0.05, 0) is 62.7 Å². The van der Waals surface area contributed by atoms with Gasteiger partial charge in [-0.3, -0.25) is 4.79 Å². The van der Waals surface area contributed by atoms with Gasteiger partial charge in [0.2, 0.25) is 0 Å². The number of carbonyl (C=O) groups is 2. The predicted octanol–water partition coefficient (Wildman–Crippen LogP) is 3.71. The van der Waals surface area contributed by atoms with Crippen LogP contribution in [0.15, 0.2) is 42.5 Å². The van der Waals surface area contributed by atoms with E-state index in [9.17, 15) is 9.59 Å². The SMILES string of the molecule is CC(C)(C)OC(=O)NCc1cc(CC(=O)O)ccc1Oc1ccc(N)cc1. The first kappa shape index (κ1) is 20.1. The quantitative estimate of drug-likeness (QED) is 0.667. The van der Waals surface area contributed by atoms with Crippen LogP contribution in [0.4, 0.5) is 10.5 Å². The highest BCUT2D eigenvalue weighted by Gasteiger charge is 2.17. The summed E-state index contributed by atoms with van der Waals surface area (Å²) < 4.78 is 11.1. The van der Waals surface area contributed by atoms with Crippen LogP contribution < -0.4 is 15.8 Å². The molecule has 2 aromatic rings. The third-order valence-electron chi connectivity index (χ3n) is 3.41. The minimum absolute atomic E-state index is 0.123. The topological polar surface area (TPSA) is 111 Å². The van der Waals surface area contributed by atoms with Crippen molar-refractivity contribution >= 4 is 17.7 Å². The molecule has 7 nitrogen and oxygen atoms in total. The van der Waals surface area contributed by atoms with Crippen molar-refractivity contribution in [1.82, 2.24) is 5.32 Å². The molecule has 4 N–H and O–H groups in total. The molecule has 0 radical (unpaired) electrons. The minimum atomic E-state index is -0.937. The molecule has 2 aromatic carbocycles. The smallest absolute Gasteiger partial charge is 0.407 e. The van der Waals surface area contributed by atoms with Gasteiger partial charge in [0.05, 0.1) is 6.42 Å². The summed E-state index contributed by atoms with van der Waals surface area (Å²) in [5.41, 5.74) is 6.92. The third kappa shape index (κ3) is 6.89. The second-order valence-electron chi connectivity index (χ2n) is 7.04. The molecule has 0 spiro atoms. The number of benzene rings is 2. The first-order valence-corrected chi connectivity index (χ1v) is 8.46. The fourth-order valence-electron chi connectivity index (χ4n) is 2.30. The Labute approximate surface area is 158 Å². The van der Waals surface area contributed by atoms with Gasteiger partial charge < -0.3 is 25.6 Å². The van der Waals surface area contributed by atoms with Crippen LogP contribution in [0.5, 0.6) is 11.5 Å². The van der Waals surface area contributed by atoms with Gasteiger partial charge in [0, 0.05) is 17.8 Å². The summed E-state index contributed by atoms with van der Waals surface area (Å²) >= 11 is 0. The molecule has 0 aliphatic heterocycles. The molecule has 1 amide bonds. The number of carboxylic acids is 1.